The Bertz CT molecular complexity index is 392. The van der Waals surface area contributed by atoms with Crippen molar-refractivity contribution in [2.45, 2.75) is 12.8 Å². The Labute approximate surface area is 97.2 Å². The summed E-state index contributed by atoms with van der Waals surface area (Å²) in [5.41, 5.74) is 7.59. The van der Waals surface area contributed by atoms with Gasteiger partial charge in [0.1, 0.15) is 0 Å². The summed E-state index contributed by atoms with van der Waals surface area (Å²) < 4.78 is 0.985. The first kappa shape index (κ1) is 10.6. The molecule has 0 bridgehead atoms. The van der Waals surface area contributed by atoms with Gasteiger partial charge in [-0.3, -0.25) is 4.79 Å². The van der Waals surface area contributed by atoms with E-state index < -0.39 is 0 Å². The van der Waals surface area contributed by atoms with Gasteiger partial charge in [-0.15, -0.1) is 0 Å². The van der Waals surface area contributed by atoms with Crippen LogP contribution in [0.15, 0.2) is 22.7 Å². The van der Waals surface area contributed by atoms with E-state index >= 15 is 0 Å². The minimum Gasteiger partial charge on any atom is -0.330 e. The van der Waals surface area contributed by atoms with Gasteiger partial charge in [0.15, 0.2) is 0 Å². The molecular formula is C11H13BrN2O. The summed E-state index contributed by atoms with van der Waals surface area (Å²) in [6, 6.07) is 5.98. The summed E-state index contributed by atoms with van der Waals surface area (Å²) in [6.45, 7) is 0.559. The average Bonchev–Trinajstić information content (AvgIpc) is 2.20. The van der Waals surface area contributed by atoms with Crippen LogP contribution in [0, 0.1) is 5.92 Å². The van der Waals surface area contributed by atoms with E-state index in [1.54, 1.807) is 0 Å². The van der Waals surface area contributed by atoms with E-state index in [9.17, 15) is 4.79 Å². The zero-order valence-corrected chi connectivity index (χ0v) is 9.88. The number of nitrogens with one attached hydrogen (secondary N) is 1. The molecule has 0 aliphatic carbocycles. The molecule has 1 unspecified atom stereocenters. The molecule has 1 heterocycles. The average molecular weight is 269 g/mol. The van der Waals surface area contributed by atoms with E-state index in [1.165, 1.54) is 5.56 Å². The van der Waals surface area contributed by atoms with Crippen LogP contribution in [-0.2, 0) is 11.2 Å². The smallest absolute Gasteiger partial charge is 0.227 e. The summed E-state index contributed by atoms with van der Waals surface area (Å²) in [4.78, 5) is 11.7. The Morgan fingerprint density at radius 2 is 2.33 bits per heavy atom. The maximum Gasteiger partial charge on any atom is 0.227 e. The fourth-order valence-electron chi connectivity index (χ4n) is 1.87. The topological polar surface area (TPSA) is 55.1 Å². The van der Waals surface area contributed by atoms with E-state index in [2.05, 4.69) is 21.2 Å². The highest BCUT2D eigenvalue weighted by Gasteiger charge is 2.25. The second-order valence-electron chi connectivity index (χ2n) is 3.77. The van der Waals surface area contributed by atoms with Crippen molar-refractivity contribution in [2.75, 3.05) is 11.9 Å². The molecule has 1 aliphatic rings. The molecule has 0 spiro atoms. The summed E-state index contributed by atoms with van der Waals surface area (Å²) in [6.07, 6.45) is 1.55. The Kier molecular flexibility index (Phi) is 3.07. The molecule has 80 valence electrons. The maximum atomic E-state index is 11.7. The lowest BCUT2D eigenvalue weighted by molar-refractivity contribution is -0.120. The van der Waals surface area contributed by atoms with Gasteiger partial charge >= 0.3 is 0 Å². The summed E-state index contributed by atoms with van der Waals surface area (Å²) in [7, 11) is 0. The number of hydrogen-bond donors (Lipinski definition) is 2. The molecule has 0 fully saturated rings. The highest BCUT2D eigenvalue weighted by atomic mass is 79.9. The molecule has 0 saturated heterocycles. The first-order chi connectivity index (χ1) is 7.20. The number of fused-ring (bicyclic) bond motifs is 1. The highest BCUT2D eigenvalue weighted by molar-refractivity contribution is 9.10. The zero-order chi connectivity index (χ0) is 10.8. The lowest BCUT2D eigenvalue weighted by atomic mass is 9.91. The van der Waals surface area contributed by atoms with E-state index in [4.69, 9.17) is 5.73 Å². The molecule has 1 aliphatic heterocycles. The van der Waals surface area contributed by atoms with Crippen LogP contribution in [-0.4, -0.2) is 12.5 Å². The van der Waals surface area contributed by atoms with Gasteiger partial charge in [-0.2, -0.15) is 0 Å². The monoisotopic (exact) mass is 268 g/mol. The molecule has 1 amide bonds. The van der Waals surface area contributed by atoms with E-state index in [0.717, 1.165) is 23.0 Å². The van der Waals surface area contributed by atoms with Gasteiger partial charge in [-0.1, -0.05) is 22.0 Å². The SMILES string of the molecule is NCCC1Cc2ccc(Br)cc2NC1=O. The third kappa shape index (κ3) is 2.21. The first-order valence-electron chi connectivity index (χ1n) is 5.00. The van der Waals surface area contributed by atoms with Gasteiger partial charge in [0, 0.05) is 16.1 Å². The van der Waals surface area contributed by atoms with Crippen LogP contribution in [0.2, 0.25) is 0 Å². The van der Waals surface area contributed by atoms with Crippen molar-refractivity contribution in [3.8, 4) is 0 Å². The number of halogens is 1. The molecule has 1 aromatic carbocycles. The summed E-state index contributed by atoms with van der Waals surface area (Å²) in [5.74, 6) is 0.120. The van der Waals surface area contributed by atoms with Crippen molar-refractivity contribution < 1.29 is 4.79 Å². The quantitative estimate of drug-likeness (QED) is 0.861. The van der Waals surface area contributed by atoms with Crippen molar-refractivity contribution >= 4 is 27.5 Å². The fraction of sp³-hybridized carbons (Fsp3) is 0.364. The molecule has 0 aromatic heterocycles. The van der Waals surface area contributed by atoms with Crippen molar-refractivity contribution in [3.05, 3.63) is 28.2 Å². The van der Waals surface area contributed by atoms with Crippen molar-refractivity contribution in [1.29, 1.82) is 0 Å². The largest absolute Gasteiger partial charge is 0.330 e. The predicted molar refractivity (Wildman–Crippen MR) is 63.6 cm³/mol. The molecule has 4 heteroatoms. The summed E-state index contributed by atoms with van der Waals surface area (Å²) >= 11 is 3.38. The summed E-state index contributed by atoms with van der Waals surface area (Å²) in [5, 5.41) is 2.91. The molecule has 3 nitrogen and oxygen atoms in total. The van der Waals surface area contributed by atoms with Crippen LogP contribution in [0.4, 0.5) is 5.69 Å². The van der Waals surface area contributed by atoms with Crippen LogP contribution in [0.5, 0.6) is 0 Å². The van der Waals surface area contributed by atoms with Crippen LogP contribution < -0.4 is 11.1 Å². The molecule has 3 N–H and O–H groups in total. The number of anilines is 1. The van der Waals surface area contributed by atoms with Crippen molar-refractivity contribution in [2.24, 2.45) is 11.7 Å². The first-order valence-corrected chi connectivity index (χ1v) is 5.79. The minimum absolute atomic E-state index is 0.0312. The van der Waals surface area contributed by atoms with E-state index in [0.29, 0.717) is 6.54 Å². The molecule has 1 atom stereocenters. The third-order valence-corrected chi connectivity index (χ3v) is 3.18. The normalized spacial score (nSPS) is 19.6. The van der Waals surface area contributed by atoms with Crippen LogP contribution in [0.25, 0.3) is 0 Å². The Hall–Kier alpha value is -0.870. The zero-order valence-electron chi connectivity index (χ0n) is 8.29. The Morgan fingerprint density at radius 1 is 1.53 bits per heavy atom. The van der Waals surface area contributed by atoms with Crippen LogP contribution in [0.3, 0.4) is 0 Å². The lowest BCUT2D eigenvalue weighted by Gasteiger charge is -2.24. The van der Waals surface area contributed by atoms with Gasteiger partial charge < -0.3 is 11.1 Å². The molecule has 1 aromatic rings. The van der Waals surface area contributed by atoms with Crippen LogP contribution in [0.1, 0.15) is 12.0 Å². The number of rotatable bonds is 2. The Balaban J connectivity index is 2.26. The number of nitrogens with two attached hydrogens (primary N) is 1. The van der Waals surface area contributed by atoms with Gasteiger partial charge in [0.05, 0.1) is 0 Å². The highest BCUT2D eigenvalue weighted by Crippen LogP contribution is 2.29. The van der Waals surface area contributed by atoms with E-state index in [1.807, 2.05) is 18.2 Å². The van der Waals surface area contributed by atoms with Gasteiger partial charge in [0.25, 0.3) is 0 Å². The fourth-order valence-corrected chi connectivity index (χ4v) is 2.23. The Morgan fingerprint density at radius 3 is 3.07 bits per heavy atom. The third-order valence-electron chi connectivity index (χ3n) is 2.68. The van der Waals surface area contributed by atoms with Crippen LogP contribution >= 0.6 is 15.9 Å². The second-order valence-corrected chi connectivity index (χ2v) is 4.68. The molecule has 0 radical (unpaired) electrons. The molecule has 15 heavy (non-hydrogen) atoms. The van der Waals surface area contributed by atoms with Crippen molar-refractivity contribution in [1.82, 2.24) is 0 Å². The maximum absolute atomic E-state index is 11.7. The second kappa shape index (κ2) is 4.33. The number of carbonyl (C=O) groups is 1. The lowest BCUT2D eigenvalue weighted by Crippen LogP contribution is -2.31. The van der Waals surface area contributed by atoms with Gasteiger partial charge in [0.2, 0.25) is 5.91 Å². The van der Waals surface area contributed by atoms with Gasteiger partial charge in [-0.05, 0) is 37.1 Å². The predicted octanol–water partition coefficient (Wildman–Crippen LogP) is 1.91. The van der Waals surface area contributed by atoms with Gasteiger partial charge in [-0.25, -0.2) is 0 Å². The molecular weight excluding hydrogens is 256 g/mol. The number of benzene rings is 1. The number of hydrogen-bond acceptors (Lipinski definition) is 2. The molecule has 0 saturated carbocycles. The minimum atomic E-state index is 0.0312. The standard InChI is InChI=1S/C11H13BrN2O/c12-9-2-1-7-5-8(3-4-13)11(15)14-10(7)6-9/h1-2,6,8H,3-5,13H2,(H,14,15). The number of carbonyl (C=O) groups excluding carboxylic acids is 1. The van der Waals surface area contributed by atoms with E-state index in [-0.39, 0.29) is 11.8 Å². The van der Waals surface area contributed by atoms with Crippen molar-refractivity contribution in [3.63, 3.8) is 0 Å². The molecule has 2 rings (SSSR count). The number of amides is 1.